The molecule has 0 aliphatic heterocycles. The Balaban J connectivity index is 1.46. The molecule has 2 aromatic carbocycles. The van der Waals surface area contributed by atoms with Crippen molar-refractivity contribution in [1.29, 1.82) is 0 Å². The highest BCUT2D eigenvalue weighted by molar-refractivity contribution is 6.09. The first-order valence-electron chi connectivity index (χ1n) is 10.5. The number of hydrogen-bond acceptors (Lipinski definition) is 6. The Hall–Kier alpha value is -3.55. The molecule has 1 fully saturated rings. The predicted molar refractivity (Wildman–Crippen MR) is 121 cm³/mol. The summed E-state index contributed by atoms with van der Waals surface area (Å²) in [5, 5.41) is 28.3. The lowest BCUT2D eigenvalue weighted by atomic mass is 10.0. The summed E-state index contributed by atoms with van der Waals surface area (Å²) in [5.41, 5.74) is 3.33. The zero-order valence-corrected chi connectivity index (χ0v) is 17.3. The van der Waals surface area contributed by atoms with E-state index in [-0.39, 0.29) is 17.7 Å². The third-order valence-electron chi connectivity index (χ3n) is 5.95. The van der Waals surface area contributed by atoms with Crippen LogP contribution in [0.1, 0.15) is 22.3 Å². The maximum Gasteiger partial charge on any atom is 0.193 e. The number of fused-ring (bicyclic) bond motifs is 1. The first kappa shape index (κ1) is 20.4. The number of carbonyl (C=O) groups is 1. The van der Waals surface area contributed by atoms with Crippen molar-refractivity contribution < 1.29 is 15.0 Å². The van der Waals surface area contributed by atoms with Crippen LogP contribution in [-0.4, -0.2) is 48.8 Å². The molecule has 32 heavy (non-hydrogen) atoms. The van der Waals surface area contributed by atoms with E-state index in [1.54, 1.807) is 35.0 Å². The molecule has 0 saturated heterocycles. The molecular weight excluding hydrogens is 404 g/mol. The SMILES string of the molecule is [CH2][C@@H]1C[C@@H](Nc2ccnc3cc(-c4cccc(C(=O)c5ccccc5)c4)nn23)[C@H](O)[C@@H]1O. The molecule has 1 aliphatic rings. The molecule has 1 saturated carbocycles. The molecule has 5 rings (SSSR count). The Labute approximate surface area is 185 Å². The summed E-state index contributed by atoms with van der Waals surface area (Å²) in [4.78, 5) is 17.2. The van der Waals surface area contributed by atoms with Gasteiger partial charge >= 0.3 is 0 Å². The Morgan fingerprint density at radius 1 is 1.00 bits per heavy atom. The normalized spacial score (nSPS) is 22.8. The summed E-state index contributed by atoms with van der Waals surface area (Å²) in [6.07, 6.45) is 0.446. The van der Waals surface area contributed by atoms with Crippen LogP contribution in [0, 0.1) is 12.8 Å². The van der Waals surface area contributed by atoms with Crippen LogP contribution < -0.4 is 5.32 Å². The van der Waals surface area contributed by atoms with Crippen LogP contribution in [0.15, 0.2) is 72.9 Å². The fourth-order valence-corrected chi connectivity index (χ4v) is 4.18. The molecule has 0 bridgehead atoms. The van der Waals surface area contributed by atoms with Crippen LogP contribution in [-0.2, 0) is 0 Å². The van der Waals surface area contributed by atoms with Gasteiger partial charge < -0.3 is 15.5 Å². The zero-order chi connectivity index (χ0) is 22.2. The van der Waals surface area contributed by atoms with Gasteiger partial charge in [-0.05, 0) is 31.4 Å². The summed E-state index contributed by atoms with van der Waals surface area (Å²) in [6, 6.07) is 19.8. The van der Waals surface area contributed by atoms with E-state index in [9.17, 15) is 15.0 Å². The van der Waals surface area contributed by atoms with Crippen molar-refractivity contribution >= 4 is 17.2 Å². The number of aromatic nitrogens is 3. The van der Waals surface area contributed by atoms with Crippen molar-refractivity contribution in [1.82, 2.24) is 14.6 Å². The first-order valence-corrected chi connectivity index (χ1v) is 10.5. The smallest absolute Gasteiger partial charge is 0.193 e. The third-order valence-corrected chi connectivity index (χ3v) is 5.95. The average molecular weight is 427 g/mol. The average Bonchev–Trinajstić information content (AvgIpc) is 3.37. The summed E-state index contributed by atoms with van der Waals surface area (Å²) >= 11 is 0. The molecule has 161 valence electrons. The van der Waals surface area contributed by atoms with Gasteiger partial charge in [0.05, 0.1) is 17.8 Å². The lowest BCUT2D eigenvalue weighted by Gasteiger charge is -2.19. The van der Waals surface area contributed by atoms with E-state index < -0.39 is 12.2 Å². The number of aliphatic hydroxyl groups excluding tert-OH is 2. The molecule has 4 aromatic rings. The number of hydrogen-bond donors (Lipinski definition) is 3. The Morgan fingerprint density at radius 3 is 2.53 bits per heavy atom. The van der Waals surface area contributed by atoms with Gasteiger partial charge in [-0.1, -0.05) is 48.5 Å². The monoisotopic (exact) mass is 427 g/mol. The summed E-state index contributed by atoms with van der Waals surface area (Å²) in [6.45, 7) is 3.90. The molecule has 1 aliphatic carbocycles. The zero-order valence-electron chi connectivity index (χ0n) is 17.3. The predicted octanol–water partition coefficient (Wildman–Crippen LogP) is 2.98. The number of aliphatic hydroxyl groups is 2. The second-order valence-corrected chi connectivity index (χ2v) is 8.13. The molecule has 0 unspecified atom stereocenters. The largest absolute Gasteiger partial charge is 0.390 e. The number of nitrogens with zero attached hydrogens (tertiary/aromatic N) is 3. The van der Waals surface area contributed by atoms with Crippen LogP contribution in [0.5, 0.6) is 0 Å². The van der Waals surface area contributed by atoms with Crippen molar-refractivity contribution in [3.63, 3.8) is 0 Å². The molecule has 1 radical (unpaired) electrons. The molecule has 4 atom stereocenters. The minimum Gasteiger partial charge on any atom is -0.390 e. The van der Waals surface area contributed by atoms with Crippen LogP contribution in [0.25, 0.3) is 16.9 Å². The molecule has 3 N–H and O–H groups in total. The Morgan fingerprint density at radius 2 is 1.78 bits per heavy atom. The molecule has 0 amide bonds. The van der Waals surface area contributed by atoms with Crippen LogP contribution in [0.2, 0.25) is 0 Å². The van der Waals surface area contributed by atoms with E-state index in [1.807, 2.05) is 42.5 Å². The minimum absolute atomic E-state index is 0.0480. The second kappa shape index (κ2) is 8.18. The number of nitrogens with one attached hydrogen (secondary N) is 1. The summed E-state index contributed by atoms with van der Waals surface area (Å²) in [7, 11) is 0. The van der Waals surface area contributed by atoms with Crippen molar-refractivity contribution in [3.05, 3.63) is 91.0 Å². The van der Waals surface area contributed by atoms with E-state index in [0.717, 1.165) is 5.56 Å². The van der Waals surface area contributed by atoms with Crippen molar-refractivity contribution in [3.8, 4) is 11.3 Å². The highest BCUT2D eigenvalue weighted by Crippen LogP contribution is 2.29. The van der Waals surface area contributed by atoms with Gasteiger partial charge in [0.1, 0.15) is 11.9 Å². The Kier molecular flexibility index (Phi) is 5.20. The standard InChI is InChI=1S/C25H23N4O3/c1-15-12-20(25(32)23(15)30)27-21-10-11-26-22-14-19(28-29(21)22)17-8-5-9-18(13-17)24(31)16-6-3-2-4-7-16/h2-11,13-15,20,23,25,27,30,32H,1,12H2/t15-,20-,23-,25+/m1/s1. The van der Waals surface area contributed by atoms with E-state index in [2.05, 4.69) is 22.3 Å². The van der Waals surface area contributed by atoms with Gasteiger partial charge in [0.15, 0.2) is 11.4 Å². The van der Waals surface area contributed by atoms with Gasteiger partial charge in [-0.2, -0.15) is 9.61 Å². The lowest BCUT2D eigenvalue weighted by molar-refractivity contribution is 0.0256. The quantitative estimate of drug-likeness (QED) is 0.424. The first-order chi connectivity index (χ1) is 15.5. The van der Waals surface area contributed by atoms with Crippen molar-refractivity contribution in [2.45, 2.75) is 24.7 Å². The van der Waals surface area contributed by atoms with Gasteiger partial charge in [-0.25, -0.2) is 4.98 Å². The van der Waals surface area contributed by atoms with Crippen LogP contribution in [0.3, 0.4) is 0 Å². The highest BCUT2D eigenvalue weighted by Gasteiger charge is 2.39. The highest BCUT2D eigenvalue weighted by atomic mass is 16.3. The lowest BCUT2D eigenvalue weighted by Crippen LogP contribution is -2.35. The van der Waals surface area contributed by atoms with Gasteiger partial charge in [0.25, 0.3) is 0 Å². The van der Waals surface area contributed by atoms with Crippen LogP contribution in [0.4, 0.5) is 5.82 Å². The number of ketones is 1. The molecule has 7 heteroatoms. The maximum atomic E-state index is 12.8. The Bertz CT molecular complexity index is 1270. The van der Waals surface area contributed by atoms with Crippen molar-refractivity contribution in [2.75, 3.05) is 5.32 Å². The number of rotatable bonds is 5. The fraction of sp³-hybridized carbons (Fsp3) is 0.200. The van der Waals surface area contributed by atoms with Gasteiger partial charge in [0, 0.05) is 29.0 Å². The van der Waals surface area contributed by atoms with Crippen LogP contribution >= 0.6 is 0 Å². The van der Waals surface area contributed by atoms with Gasteiger partial charge in [-0.15, -0.1) is 0 Å². The molecular formula is C25H23N4O3. The molecule has 2 aromatic heterocycles. The number of carbonyl (C=O) groups excluding carboxylic acids is 1. The molecule has 0 spiro atoms. The van der Waals surface area contributed by atoms with E-state index in [0.29, 0.717) is 34.7 Å². The van der Waals surface area contributed by atoms with Crippen molar-refractivity contribution in [2.24, 2.45) is 5.92 Å². The second-order valence-electron chi connectivity index (χ2n) is 8.13. The molecule has 2 heterocycles. The van der Waals surface area contributed by atoms with Gasteiger partial charge in [-0.3, -0.25) is 4.79 Å². The summed E-state index contributed by atoms with van der Waals surface area (Å²) in [5.74, 6) is 0.370. The van der Waals surface area contributed by atoms with E-state index in [4.69, 9.17) is 0 Å². The van der Waals surface area contributed by atoms with E-state index >= 15 is 0 Å². The summed E-state index contributed by atoms with van der Waals surface area (Å²) < 4.78 is 1.66. The molecule has 7 nitrogen and oxygen atoms in total. The minimum atomic E-state index is -0.906. The topological polar surface area (TPSA) is 99.8 Å². The number of benzene rings is 2. The third kappa shape index (κ3) is 3.66. The number of anilines is 1. The fourth-order valence-electron chi connectivity index (χ4n) is 4.18. The maximum absolute atomic E-state index is 12.8. The van der Waals surface area contributed by atoms with Gasteiger partial charge in [0.2, 0.25) is 0 Å². The van der Waals surface area contributed by atoms with E-state index in [1.165, 1.54) is 0 Å².